The molecule has 0 amide bonds. The highest BCUT2D eigenvalue weighted by Crippen LogP contribution is 2.07. The third-order valence-corrected chi connectivity index (χ3v) is 1.48. The summed E-state index contributed by atoms with van der Waals surface area (Å²) >= 11 is 0. The summed E-state index contributed by atoms with van der Waals surface area (Å²) in [6.07, 6.45) is 4.08. The van der Waals surface area contributed by atoms with Crippen LogP contribution in [-0.4, -0.2) is 0 Å². The quantitative estimate of drug-likeness (QED) is 0.606. The molecule has 0 saturated carbocycles. The van der Waals surface area contributed by atoms with Crippen molar-refractivity contribution in [3.63, 3.8) is 0 Å². The van der Waals surface area contributed by atoms with Crippen molar-refractivity contribution in [3.8, 4) is 0 Å². The molecular weight excluding hydrogens is 98.1 g/mol. The number of hydrogen-bond donors (Lipinski definition) is 1. The van der Waals surface area contributed by atoms with Gasteiger partial charge in [0.25, 0.3) is 0 Å². The molecule has 8 heavy (non-hydrogen) atoms. The van der Waals surface area contributed by atoms with Gasteiger partial charge in [0.05, 0.1) is 0 Å². The van der Waals surface area contributed by atoms with Gasteiger partial charge in [-0.1, -0.05) is 40.0 Å². The first kappa shape index (κ1) is 10.9. The lowest BCUT2D eigenvalue weighted by Gasteiger charge is -2.02. The fourth-order valence-electron chi connectivity index (χ4n) is 0.697. The van der Waals surface area contributed by atoms with E-state index in [0.717, 1.165) is 5.92 Å². The first-order chi connectivity index (χ1) is 3.31. The van der Waals surface area contributed by atoms with Crippen molar-refractivity contribution in [2.45, 2.75) is 40.0 Å². The molecule has 1 heteroatoms. The number of hydrogen-bond acceptors (Lipinski definition) is 1. The van der Waals surface area contributed by atoms with Gasteiger partial charge in [-0.2, -0.15) is 0 Å². The molecule has 0 aliphatic carbocycles. The predicted octanol–water partition coefficient (Wildman–Crippen LogP) is 2.99. The average Bonchev–Trinajstić information content (AvgIpc) is 1.68. The van der Waals surface area contributed by atoms with Crippen LogP contribution in [0.3, 0.4) is 0 Å². The molecule has 0 radical (unpaired) electrons. The molecule has 0 saturated heterocycles. The molecule has 3 N–H and O–H groups in total. The zero-order chi connectivity index (χ0) is 5.70. The molecule has 0 bridgehead atoms. The van der Waals surface area contributed by atoms with Crippen molar-refractivity contribution in [3.05, 3.63) is 0 Å². The normalized spacial score (nSPS) is 12.4. The van der Waals surface area contributed by atoms with Crippen LogP contribution in [0.15, 0.2) is 0 Å². The van der Waals surface area contributed by atoms with E-state index in [9.17, 15) is 0 Å². The topological polar surface area (TPSA) is 35.0 Å². The lowest BCUT2D eigenvalue weighted by Crippen LogP contribution is -1.88. The van der Waals surface area contributed by atoms with Crippen molar-refractivity contribution in [1.82, 2.24) is 6.15 Å². The van der Waals surface area contributed by atoms with Crippen LogP contribution < -0.4 is 6.15 Å². The Morgan fingerprint density at radius 1 is 1.25 bits per heavy atom. The second kappa shape index (κ2) is 6.96. The Labute approximate surface area is 53.1 Å². The minimum absolute atomic E-state index is 0. The van der Waals surface area contributed by atoms with Crippen molar-refractivity contribution in [2.75, 3.05) is 0 Å². The van der Waals surface area contributed by atoms with E-state index < -0.39 is 0 Å². The van der Waals surface area contributed by atoms with Gasteiger partial charge in [0.1, 0.15) is 0 Å². The maximum atomic E-state index is 2.31. The summed E-state index contributed by atoms with van der Waals surface area (Å²) in [4.78, 5) is 0. The zero-order valence-corrected chi connectivity index (χ0v) is 6.41. The average molecular weight is 117 g/mol. The molecule has 0 aliphatic heterocycles. The Balaban J connectivity index is 0. The minimum Gasteiger partial charge on any atom is -0.344 e. The molecule has 0 aromatic heterocycles. The molecular formula is C7H19N. The second-order valence-electron chi connectivity index (χ2n) is 2.30. The standard InChI is InChI=1S/C7H16.H3N/c1-4-6-7(3)5-2;/h7H,4-6H2,1-3H3;1H3. The molecule has 52 valence electrons. The molecule has 0 heterocycles. The molecule has 1 unspecified atom stereocenters. The van der Waals surface area contributed by atoms with Crippen molar-refractivity contribution >= 4 is 0 Å². The van der Waals surface area contributed by atoms with Crippen LogP contribution in [0, 0.1) is 5.92 Å². The minimum atomic E-state index is 0. The molecule has 0 aliphatic rings. The molecule has 0 spiro atoms. The molecule has 1 atom stereocenters. The summed E-state index contributed by atoms with van der Waals surface area (Å²) in [6, 6.07) is 0. The van der Waals surface area contributed by atoms with Gasteiger partial charge in [-0.05, 0) is 5.92 Å². The lowest BCUT2D eigenvalue weighted by atomic mass is 10.0. The second-order valence-corrected chi connectivity index (χ2v) is 2.30. The molecule has 1 nitrogen and oxygen atoms in total. The summed E-state index contributed by atoms with van der Waals surface area (Å²) in [5.74, 6) is 0.949. The van der Waals surface area contributed by atoms with Gasteiger partial charge in [-0.3, -0.25) is 0 Å². The summed E-state index contributed by atoms with van der Waals surface area (Å²) in [5.41, 5.74) is 0. The van der Waals surface area contributed by atoms with Crippen LogP contribution in [0.4, 0.5) is 0 Å². The van der Waals surface area contributed by atoms with Gasteiger partial charge in [0.2, 0.25) is 0 Å². The van der Waals surface area contributed by atoms with E-state index in [4.69, 9.17) is 0 Å². The van der Waals surface area contributed by atoms with Crippen LogP contribution in [-0.2, 0) is 0 Å². The molecule has 0 rings (SSSR count). The summed E-state index contributed by atoms with van der Waals surface area (Å²) in [5, 5.41) is 0. The Hall–Kier alpha value is -0.0400. The van der Waals surface area contributed by atoms with Crippen molar-refractivity contribution in [2.24, 2.45) is 5.92 Å². The van der Waals surface area contributed by atoms with Crippen LogP contribution in [0.5, 0.6) is 0 Å². The SMILES string of the molecule is CCCC(C)CC.N. The van der Waals surface area contributed by atoms with E-state index >= 15 is 0 Å². The summed E-state index contributed by atoms with van der Waals surface area (Å²) in [7, 11) is 0. The highest BCUT2D eigenvalue weighted by Gasteiger charge is 1.92. The van der Waals surface area contributed by atoms with Crippen LogP contribution >= 0.6 is 0 Å². The maximum absolute atomic E-state index is 2.31. The fourth-order valence-corrected chi connectivity index (χ4v) is 0.697. The first-order valence-electron chi connectivity index (χ1n) is 3.31. The molecule has 0 fully saturated rings. The maximum Gasteiger partial charge on any atom is -0.0446 e. The highest BCUT2D eigenvalue weighted by atomic mass is 14.0. The summed E-state index contributed by atoms with van der Waals surface area (Å²) < 4.78 is 0. The third kappa shape index (κ3) is 5.96. The Kier molecular flexibility index (Phi) is 9.44. The van der Waals surface area contributed by atoms with Gasteiger partial charge in [-0.15, -0.1) is 0 Å². The Morgan fingerprint density at radius 3 is 1.88 bits per heavy atom. The van der Waals surface area contributed by atoms with E-state index in [-0.39, 0.29) is 6.15 Å². The largest absolute Gasteiger partial charge is 0.344 e. The van der Waals surface area contributed by atoms with E-state index in [1.165, 1.54) is 19.3 Å². The van der Waals surface area contributed by atoms with E-state index in [1.54, 1.807) is 0 Å². The van der Waals surface area contributed by atoms with Gasteiger partial charge in [0, 0.05) is 0 Å². The predicted molar refractivity (Wildman–Crippen MR) is 39.4 cm³/mol. The van der Waals surface area contributed by atoms with Crippen LogP contribution in [0.2, 0.25) is 0 Å². The monoisotopic (exact) mass is 117 g/mol. The Morgan fingerprint density at radius 2 is 1.75 bits per heavy atom. The van der Waals surface area contributed by atoms with Gasteiger partial charge in [0.15, 0.2) is 0 Å². The van der Waals surface area contributed by atoms with Gasteiger partial charge in [-0.25, -0.2) is 0 Å². The van der Waals surface area contributed by atoms with E-state index in [0.29, 0.717) is 0 Å². The van der Waals surface area contributed by atoms with Gasteiger partial charge < -0.3 is 6.15 Å². The molecule has 0 aromatic rings. The van der Waals surface area contributed by atoms with E-state index in [2.05, 4.69) is 20.8 Å². The van der Waals surface area contributed by atoms with Crippen LogP contribution in [0.25, 0.3) is 0 Å². The molecule has 0 aromatic carbocycles. The first-order valence-corrected chi connectivity index (χ1v) is 3.31. The summed E-state index contributed by atoms with van der Waals surface area (Å²) in [6.45, 7) is 6.80. The third-order valence-electron chi connectivity index (χ3n) is 1.48. The van der Waals surface area contributed by atoms with Crippen molar-refractivity contribution in [1.29, 1.82) is 0 Å². The Bertz CT molecular complexity index is 35.4. The number of rotatable bonds is 3. The van der Waals surface area contributed by atoms with Crippen LogP contribution in [0.1, 0.15) is 40.0 Å². The highest BCUT2D eigenvalue weighted by molar-refractivity contribution is 4.45. The van der Waals surface area contributed by atoms with Gasteiger partial charge >= 0.3 is 0 Å². The zero-order valence-electron chi connectivity index (χ0n) is 6.41. The van der Waals surface area contributed by atoms with E-state index in [1.807, 2.05) is 0 Å². The smallest absolute Gasteiger partial charge is 0.0446 e. The fraction of sp³-hybridized carbons (Fsp3) is 1.00. The van der Waals surface area contributed by atoms with Crippen molar-refractivity contribution < 1.29 is 0 Å². The lowest BCUT2D eigenvalue weighted by molar-refractivity contribution is 0.509.